The highest BCUT2D eigenvalue weighted by Gasteiger charge is 2.30. The molecule has 0 radical (unpaired) electrons. The third-order valence-corrected chi connectivity index (χ3v) is 2.05. The number of alkyl halides is 3. The van der Waals surface area contributed by atoms with Crippen LogP contribution in [0.25, 0.3) is 0 Å². The maximum Gasteiger partial charge on any atom is 0.573 e. The molecule has 4 nitrogen and oxygen atoms in total. The van der Waals surface area contributed by atoms with Crippen molar-refractivity contribution < 1.29 is 27.4 Å². The van der Waals surface area contributed by atoms with Gasteiger partial charge in [0.2, 0.25) is 6.23 Å². The van der Waals surface area contributed by atoms with Gasteiger partial charge in [-0.2, -0.15) is 0 Å². The minimum absolute atomic E-state index is 0.243. The third-order valence-electron chi connectivity index (χ3n) is 2.05. The molecule has 2 rings (SSSR count). The van der Waals surface area contributed by atoms with Crippen molar-refractivity contribution in [2.75, 3.05) is 6.61 Å². The maximum absolute atomic E-state index is 11.9. The highest BCUT2D eigenvalue weighted by Crippen LogP contribution is 2.24. The average molecular weight is 261 g/mol. The van der Waals surface area contributed by atoms with E-state index in [1.165, 1.54) is 30.5 Å². The summed E-state index contributed by atoms with van der Waals surface area (Å²) in [5.74, 6) is 0.147. The molecule has 0 amide bonds. The Labute approximate surface area is 101 Å². The first-order valence-corrected chi connectivity index (χ1v) is 5.08. The summed E-state index contributed by atoms with van der Waals surface area (Å²) >= 11 is 0. The Kier molecular flexibility index (Phi) is 3.50. The molecule has 0 fully saturated rings. The molecule has 0 aliphatic carbocycles. The fraction of sp³-hybridized carbons (Fsp3) is 0.273. The number of hydrogen-bond acceptors (Lipinski definition) is 4. The van der Waals surface area contributed by atoms with Crippen LogP contribution in [0.5, 0.6) is 11.5 Å². The Bertz CT molecular complexity index is 409. The topological polar surface area (TPSA) is 39.7 Å². The molecule has 1 N–H and O–H groups in total. The first-order valence-electron chi connectivity index (χ1n) is 5.08. The second-order valence-corrected chi connectivity index (χ2v) is 3.42. The van der Waals surface area contributed by atoms with Gasteiger partial charge >= 0.3 is 6.36 Å². The first kappa shape index (κ1) is 12.4. The van der Waals surface area contributed by atoms with Gasteiger partial charge in [0.1, 0.15) is 24.4 Å². The molecule has 1 unspecified atom stereocenters. The van der Waals surface area contributed by atoms with Crippen LogP contribution in [-0.4, -0.2) is 19.2 Å². The lowest BCUT2D eigenvalue weighted by molar-refractivity contribution is -0.274. The zero-order chi connectivity index (χ0) is 13.0. The molecule has 18 heavy (non-hydrogen) atoms. The van der Waals surface area contributed by atoms with Crippen molar-refractivity contribution in [2.45, 2.75) is 12.6 Å². The highest BCUT2D eigenvalue weighted by atomic mass is 19.4. The minimum atomic E-state index is -4.68. The number of rotatable bonds is 4. The van der Waals surface area contributed by atoms with E-state index in [-0.39, 0.29) is 18.6 Å². The van der Waals surface area contributed by atoms with Gasteiger partial charge in [-0.3, -0.25) is 0 Å². The molecule has 1 aromatic rings. The van der Waals surface area contributed by atoms with Crippen molar-refractivity contribution in [1.82, 2.24) is 5.32 Å². The van der Waals surface area contributed by atoms with E-state index in [2.05, 4.69) is 10.1 Å². The van der Waals surface area contributed by atoms with Gasteiger partial charge in [-0.25, -0.2) is 0 Å². The summed E-state index contributed by atoms with van der Waals surface area (Å²) < 4.78 is 49.8. The maximum atomic E-state index is 11.9. The summed E-state index contributed by atoms with van der Waals surface area (Å²) in [6, 6.07) is 5.15. The quantitative estimate of drug-likeness (QED) is 0.903. The molecule has 1 aliphatic heterocycles. The molecule has 0 bridgehead atoms. The summed E-state index contributed by atoms with van der Waals surface area (Å²) in [5, 5.41) is 2.87. The molecule has 1 atom stereocenters. The summed E-state index contributed by atoms with van der Waals surface area (Å²) in [6.07, 6.45) is -1.84. The van der Waals surface area contributed by atoms with Crippen molar-refractivity contribution >= 4 is 0 Å². The van der Waals surface area contributed by atoms with E-state index in [1.54, 1.807) is 6.20 Å². The van der Waals surface area contributed by atoms with E-state index in [4.69, 9.17) is 9.47 Å². The molecule has 0 saturated carbocycles. The normalized spacial score (nSPS) is 18.1. The number of ether oxygens (including phenoxy) is 3. The van der Waals surface area contributed by atoms with E-state index in [0.29, 0.717) is 5.75 Å². The minimum Gasteiger partial charge on any atom is -0.488 e. The van der Waals surface area contributed by atoms with Crippen molar-refractivity contribution in [1.29, 1.82) is 0 Å². The van der Waals surface area contributed by atoms with Crippen LogP contribution in [0.3, 0.4) is 0 Å². The van der Waals surface area contributed by atoms with E-state index >= 15 is 0 Å². The summed E-state index contributed by atoms with van der Waals surface area (Å²) in [5.41, 5.74) is 0. The zero-order valence-electron chi connectivity index (χ0n) is 9.11. The summed E-state index contributed by atoms with van der Waals surface area (Å²) in [4.78, 5) is 0. The number of nitrogens with one attached hydrogen (secondary N) is 1. The van der Waals surface area contributed by atoms with Gasteiger partial charge in [0.05, 0.1) is 0 Å². The van der Waals surface area contributed by atoms with Crippen LogP contribution in [0.1, 0.15) is 0 Å². The van der Waals surface area contributed by atoms with Crippen LogP contribution in [0.15, 0.2) is 36.7 Å². The monoisotopic (exact) mass is 261 g/mol. The molecule has 0 aromatic heterocycles. The lowest BCUT2D eigenvalue weighted by atomic mass is 10.3. The van der Waals surface area contributed by atoms with Gasteiger partial charge in [0, 0.05) is 6.20 Å². The molecule has 98 valence electrons. The van der Waals surface area contributed by atoms with Crippen LogP contribution in [0.4, 0.5) is 13.2 Å². The molecule has 1 heterocycles. The molecule has 1 aromatic carbocycles. The van der Waals surface area contributed by atoms with Gasteiger partial charge in [-0.1, -0.05) is 0 Å². The lowest BCUT2D eigenvalue weighted by Crippen LogP contribution is -2.28. The molecule has 7 heteroatoms. The Morgan fingerprint density at radius 1 is 1.17 bits per heavy atom. The van der Waals surface area contributed by atoms with Crippen LogP contribution in [0, 0.1) is 0 Å². The van der Waals surface area contributed by atoms with Crippen molar-refractivity contribution in [3.63, 3.8) is 0 Å². The fourth-order valence-electron chi connectivity index (χ4n) is 1.32. The predicted molar refractivity (Wildman–Crippen MR) is 55.8 cm³/mol. The Morgan fingerprint density at radius 3 is 2.39 bits per heavy atom. The SMILES string of the molecule is FC(F)(F)Oc1ccc(OCC2NC=CO2)cc1. The Balaban J connectivity index is 1.83. The third kappa shape index (κ3) is 3.76. The van der Waals surface area contributed by atoms with Gasteiger partial charge in [0.15, 0.2) is 0 Å². The smallest absolute Gasteiger partial charge is 0.488 e. The van der Waals surface area contributed by atoms with Crippen molar-refractivity contribution in [2.24, 2.45) is 0 Å². The van der Waals surface area contributed by atoms with E-state index in [1.807, 2.05) is 0 Å². The van der Waals surface area contributed by atoms with Gasteiger partial charge in [-0.15, -0.1) is 13.2 Å². The van der Waals surface area contributed by atoms with Crippen LogP contribution in [-0.2, 0) is 4.74 Å². The zero-order valence-corrected chi connectivity index (χ0v) is 9.11. The van der Waals surface area contributed by atoms with Gasteiger partial charge < -0.3 is 19.5 Å². The molecular weight excluding hydrogens is 251 g/mol. The number of hydrogen-bond donors (Lipinski definition) is 1. The molecule has 0 saturated heterocycles. The first-order chi connectivity index (χ1) is 8.53. The largest absolute Gasteiger partial charge is 0.573 e. The van der Waals surface area contributed by atoms with Crippen molar-refractivity contribution in [3.05, 3.63) is 36.7 Å². The second kappa shape index (κ2) is 5.07. The number of halogens is 3. The van der Waals surface area contributed by atoms with Crippen LogP contribution in [0.2, 0.25) is 0 Å². The van der Waals surface area contributed by atoms with Gasteiger partial charge in [0.25, 0.3) is 0 Å². The molecular formula is C11H10F3NO3. The highest BCUT2D eigenvalue weighted by molar-refractivity contribution is 5.31. The van der Waals surface area contributed by atoms with Gasteiger partial charge in [-0.05, 0) is 24.3 Å². The van der Waals surface area contributed by atoms with Crippen molar-refractivity contribution in [3.8, 4) is 11.5 Å². The lowest BCUT2D eigenvalue weighted by Gasteiger charge is -2.13. The van der Waals surface area contributed by atoms with Crippen LogP contribution >= 0.6 is 0 Å². The Hall–Kier alpha value is -2.05. The summed E-state index contributed by atoms with van der Waals surface area (Å²) in [6.45, 7) is 0.243. The standard InChI is InChI=1S/C11H10F3NO3/c12-11(13,14)18-9-3-1-8(2-4-9)17-7-10-15-5-6-16-10/h1-6,10,15H,7H2. The number of benzene rings is 1. The molecule has 1 aliphatic rings. The van der Waals surface area contributed by atoms with E-state index in [9.17, 15) is 13.2 Å². The summed E-state index contributed by atoms with van der Waals surface area (Å²) in [7, 11) is 0. The van der Waals surface area contributed by atoms with E-state index < -0.39 is 6.36 Å². The second-order valence-electron chi connectivity index (χ2n) is 3.42. The predicted octanol–water partition coefficient (Wildman–Crippen LogP) is 2.38. The average Bonchev–Trinajstić information content (AvgIpc) is 2.79. The molecule has 0 spiro atoms. The Morgan fingerprint density at radius 2 is 1.83 bits per heavy atom. The van der Waals surface area contributed by atoms with E-state index in [0.717, 1.165) is 0 Å². The fourth-order valence-corrected chi connectivity index (χ4v) is 1.32. The van der Waals surface area contributed by atoms with Crippen LogP contribution < -0.4 is 14.8 Å².